The minimum atomic E-state index is 0.818. The number of benzene rings is 2. The Morgan fingerprint density at radius 1 is 0.923 bits per heavy atom. The Morgan fingerprint density at radius 3 is 2.50 bits per heavy atom. The van der Waals surface area contributed by atoms with E-state index in [4.69, 9.17) is 9.84 Å². The predicted octanol–water partition coefficient (Wildman–Crippen LogP) is 4.58. The molecule has 0 spiro atoms. The highest BCUT2D eigenvalue weighted by molar-refractivity contribution is 6.12. The molecule has 2 aromatic carbocycles. The molecule has 0 radical (unpaired) electrons. The minimum absolute atomic E-state index is 0.818. The zero-order valence-corrected chi connectivity index (χ0v) is 14.2. The van der Waals surface area contributed by atoms with E-state index in [2.05, 4.69) is 22.1 Å². The Hall–Kier alpha value is -3.60. The Bertz CT molecular complexity index is 1200. The van der Waals surface area contributed by atoms with Crippen molar-refractivity contribution < 1.29 is 4.74 Å². The molecule has 1 N–H and O–H groups in total. The topological polar surface area (TPSA) is 55.7 Å². The van der Waals surface area contributed by atoms with E-state index >= 15 is 0 Å². The van der Waals surface area contributed by atoms with Gasteiger partial charge in [0.05, 0.1) is 23.9 Å². The van der Waals surface area contributed by atoms with Crippen molar-refractivity contribution in [2.75, 3.05) is 7.11 Å². The van der Waals surface area contributed by atoms with Gasteiger partial charge in [-0.15, -0.1) is 0 Å². The number of rotatable bonds is 3. The molecule has 0 atom stereocenters. The van der Waals surface area contributed by atoms with Gasteiger partial charge >= 0.3 is 0 Å². The summed E-state index contributed by atoms with van der Waals surface area (Å²) in [5.74, 6) is 0.818. The number of pyridine rings is 1. The van der Waals surface area contributed by atoms with E-state index in [1.54, 1.807) is 13.3 Å². The van der Waals surface area contributed by atoms with Crippen molar-refractivity contribution in [2.24, 2.45) is 0 Å². The number of H-pyrrole nitrogens is 1. The van der Waals surface area contributed by atoms with Gasteiger partial charge in [0, 0.05) is 17.1 Å². The van der Waals surface area contributed by atoms with Crippen LogP contribution in [0.5, 0.6) is 5.75 Å². The first-order valence-electron chi connectivity index (χ1n) is 8.40. The molecular weight excluding hydrogens is 324 g/mol. The fourth-order valence-electron chi connectivity index (χ4n) is 3.32. The molecule has 0 saturated carbocycles. The Balaban J connectivity index is 1.84. The maximum atomic E-state index is 5.27. The van der Waals surface area contributed by atoms with Crippen LogP contribution in [0.3, 0.4) is 0 Å². The molecule has 5 heteroatoms. The third kappa shape index (κ3) is 2.18. The Kier molecular flexibility index (Phi) is 3.25. The van der Waals surface area contributed by atoms with Gasteiger partial charge in [0.15, 0.2) is 0 Å². The predicted molar refractivity (Wildman–Crippen MR) is 103 cm³/mol. The summed E-state index contributed by atoms with van der Waals surface area (Å²) in [4.78, 5) is 8.02. The van der Waals surface area contributed by atoms with Crippen LogP contribution in [0.4, 0.5) is 0 Å². The first kappa shape index (κ1) is 14.7. The van der Waals surface area contributed by atoms with Gasteiger partial charge in [0.2, 0.25) is 0 Å². The average Bonchev–Trinajstić information content (AvgIpc) is 3.26. The fraction of sp³-hybridized carbons (Fsp3) is 0.0476. The van der Waals surface area contributed by atoms with Crippen LogP contribution in [-0.4, -0.2) is 26.9 Å². The lowest BCUT2D eigenvalue weighted by atomic mass is 10.1. The van der Waals surface area contributed by atoms with Gasteiger partial charge in [0.1, 0.15) is 17.1 Å². The van der Waals surface area contributed by atoms with Crippen LogP contribution in [0, 0.1) is 0 Å². The van der Waals surface area contributed by atoms with Crippen LogP contribution < -0.4 is 4.74 Å². The van der Waals surface area contributed by atoms with E-state index in [9.17, 15) is 0 Å². The van der Waals surface area contributed by atoms with Crippen molar-refractivity contribution in [1.82, 2.24) is 19.7 Å². The number of fused-ring (bicyclic) bond motifs is 3. The molecule has 3 aromatic heterocycles. The molecule has 3 heterocycles. The average molecular weight is 340 g/mol. The highest BCUT2D eigenvalue weighted by atomic mass is 16.5. The summed E-state index contributed by atoms with van der Waals surface area (Å²) in [6.45, 7) is 0. The molecule has 0 fully saturated rings. The van der Waals surface area contributed by atoms with Crippen LogP contribution in [-0.2, 0) is 0 Å². The molecule has 5 aromatic rings. The lowest BCUT2D eigenvalue weighted by Crippen LogP contribution is -1.97. The molecule has 0 saturated heterocycles. The van der Waals surface area contributed by atoms with Crippen molar-refractivity contribution >= 4 is 21.9 Å². The standard InChI is InChI=1S/C21H16N4O/c1-26-15-11-9-14(10-12-15)25-21-19(16-6-2-3-7-17(16)23-21)20(24-25)18-8-4-5-13-22-18/h2-13,23H,1H3. The van der Waals surface area contributed by atoms with Crippen LogP contribution in [0.2, 0.25) is 0 Å². The summed E-state index contributed by atoms with van der Waals surface area (Å²) >= 11 is 0. The maximum Gasteiger partial charge on any atom is 0.142 e. The summed E-state index contributed by atoms with van der Waals surface area (Å²) in [6, 6.07) is 22.0. The molecule has 0 aliphatic carbocycles. The molecule has 5 rings (SSSR count). The van der Waals surface area contributed by atoms with Crippen molar-refractivity contribution in [3.05, 3.63) is 72.9 Å². The number of nitrogens with one attached hydrogen (secondary N) is 1. The number of hydrogen-bond donors (Lipinski definition) is 1. The third-order valence-corrected chi connectivity index (χ3v) is 4.56. The zero-order valence-electron chi connectivity index (χ0n) is 14.2. The lowest BCUT2D eigenvalue weighted by molar-refractivity contribution is 0.414. The normalized spacial score (nSPS) is 11.3. The van der Waals surface area contributed by atoms with E-state index in [1.165, 1.54) is 0 Å². The van der Waals surface area contributed by atoms with Gasteiger partial charge in [-0.2, -0.15) is 5.10 Å². The van der Waals surface area contributed by atoms with Crippen molar-refractivity contribution in [1.29, 1.82) is 0 Å². The first-order valence-corrected chi connectivity index (χ1v) is 8.40. The number of ether oxygens (including phenoxy) is 1. The van der Waals surface area contributed by atoms with Gasteiger partial charge in [-0.05, 0) is 42.5 Å². The number of aromatic amines is 1. The number of methoxy groups -OCH3 is 1. The maximum absolute atomic E-state index is 5.27. The number of nitrogens with zero attached hydrogens (tertiary/aromatic N) is 3. The highest BCUT2D eigenvalue weighted by Crippen LogP contribution is 2.34. The second-order valence-corrected chi connectivity index (χ2v) is 6.07. The van der Waals surface area contributed by atoms with Crippen LogP contribution in [0.1, 0.15) is 0 Å². The number of para-hydroxylation sites is 1. The van der Waals surface area contributed by atoms with Crippen molar-refractivity contribution in [3.8, 4) is 22.8 Å². The molecule has 0 aliphatic heterocycles. The van der Waals surface area contributed by atoms with Crippen LogP contribution >= 0.6 is 0 Å². The summed E-state index contributed by atoms with van der Waals surface area (Å²) < 4.78 is 7.20. The van der Waals surface area contributed by atoms with E-state index in [0.29, 0.717) is 0 Å². The SMILES string of the molecule is COc1ccc(-n2nc(-c3ccccn3)c3c4ccccc4[nH]c32)cc1. The van der Waals surface area contributed by atoms with Gasteiger partial charge in [-0.1, -0.05) is 24.3 Å². The van der Waals surface area contributed by atoms with Gasteiger partial charge in [-0.3, -0.25) is 4.98 Å². The smallest absolute Gasteiger partial charge is 0.142 e. The van der Waals surface area contributed by atoms with E-state index in [1.807, 2.05) is 59.3 Å². The molecule has 0 aliphatic rings. The van der Waals surface area contributed by atoms with Gasteiger partial charge in [-0.25, -0.2) is 4.68 Å². The number of hydrogen-bond acceptors (Lipinski definition) is 3. The minimum Gasteiger partial charge on any atom is -0.497 e. The van der Waals surface area contributed by atoms with E-state index in [-0.39, 0.29) is 0 Å². The fourth-order valence-corrected chi connectivity index (χ4v) is 3.32. The first-order chi connectivity index (χ1) is 12.8. The highest BCUT2D eigenvalue weighted by Gasteiger charge is 2.19. The summed E-state index contributed by atoms with van der Waals surface area (Å²) in [6.07, 6.45) is 1.79. The Morgan fingerprint density at radius 2 is 1.73 bits per heavy atom. The largest absolute Gasteiger partial charge is 0.497 e. The number of aromatic nitrogens is 4. The summed E-state index contributed by atoms with van der Waals surface area (Å²) in [5, 5.41) is 7.10. The van der Waals surface area contributed by atoms with Crippen molar-refractivity contribution in [3.63, 3.8) is 0 Å². The molecule has 0 unspecified atom stereocenters. The molecule has 126 valence electrons. The van der Waals surface area contributed by atoms with Gasteiger partial charge < -0.3 is 9.72 Å². The molecule has 5 nitrogen and oxygen atoms in total. The molecule has 0 bridgehead atoms. The van der Waals surface area contributed by atoms with Crippen LogP contribution in [0.25, 0.3) is 39.0 Å². The monoisotopic (exact) mass is 340 g/mol. The second-order valence-electron chi connectivity index (χ2n) is 6.07. The lowest BCUT2D eigenvalue weighted by Gasteiger charge is -2.04. The molecular formula is C21H16N4O. The quantitative estimate of drug-likeness (QED) is 0.523. The second kappa shape index (κ2) is 5.74. The van der Waals surface area contributed by atoms with E-state index in [0.717, 1.165) is 44.8 Å². The Labute approximate surface area is 149 Å². The molecule has 26 heavy (non-hydrogen) atoms. The molecule has 0 amide bonds. The van der Waals surface area contributed by atoms with Gasteiger partial charge in [0.25, 0.3) is 0 Å². The van der Waals surface area contributed by atoms with E-state index < -0.39 is 0 Å². The van der Waals surface area contributed by atoms with Crippen molar-refractivity contribution in [2.45, 2.75) is 0 Å². The summed E-state index contributed by atoms with van der Waals surface area (Å²) in [5.41, 5.74) is 4.73. The summed E-state index contributed by atoms with van der Waals surface area (Å²) in [7, 11) is 1.66. The third-order valence-electron chi connectivity index (χ3n) is 4.56. The zero-order chi connectivity index (χ0) is 17.5. The van der Waals surface area contributed by atoms with Crippen LogP contribution in [0.15, 0.2) is 72.9 Å².